The summed E-state index contributed by atoms with van der Waals surface area (Å²) in [5, 5.41) is 9.31. The highest BCUT2D eigenvalue weighted by Gasteiger charge is 2.41. The maximum absolute atomic E-state index is 11.3. The van der Waals surface area contributed by atoms with Crippen LogP contribution in [-0.2, 0) is 4.79 Å². The minimum Gasteiger partial charge on any atom is -0.480 e. The average molecular weight is 268 g/mol. The van der Waals surface area contributed by atoms with Gasteiger partial charge in [0, 0.05) is 12.1 Å². The van der Waals surface area contributed by atoms with Gasteiger partial charge in [0.05, 0.1) is 0 Å². The van der Waals surface area contributed by atoms with Crippen molar-refractivity contribution < 1.29 is 9.90 Å². The molecule has 2 aliphatic rings. The quantitative estimate of drug-likeness (QED) is 0.823. The molecular weight excluding hydrogens is 240 g/mol. The minimum atomic E-state index is -1.00. The molecule has 2 fully saturated rings. The highest BCUT2D eigenvalue weighted by Crippen LogP contribution is 2.34. The molecular formula is C15H28N2O2. The molecule has 0 aliphatic heterocycles. The Morgan fingerprint density at radius 3 is 2.58 bits per heavy atom. The van der Waals surface area contributed by atoms with Crippen molar-refractivity contribution >= 4 is 5.97 Å². The van der Waals surface area contributed by atoms with Gasteiger partial charge in [-0.1, -0.05) is 19.8 Å². The minimum absolute atomic E-state index is 0.338. The molecule has 0 aromatic heterocycles. The summed E-state index contributed by atoms with van der Waals surface area (Å²) < 4.78 is 0. The summed E-state index contributed by atoms with van der Waals surface area (Å²) >= 11 is 0. The van der Waals surface area contributed by atoms with Crippen molar-refractivity contribution in [2.45, 2.75) is 75.9 Å². The zero-order chi connectivity index (χ0) is 14.0. The monoisotopic (exact) mass is 268 g/mol. The molecule has 4 nitrogen and oxygen atoms in total. The molecule has 0 spiro atoms. The number of rotatable bonds is 3. The standard InChI is InChI=1S/C15H28N2O2/c1-11-5-3-6-12(9-11)17(2)13-7-4-8-15(16,10-13)14(18)19/h11-13H,3-10,16H2,1-2H3,(H,18,19). The van der Waals surface area contributed by atoms with Gasteiger partial charge in [-0.25, -0.2) is 0 Å². The molecule has 0 amide bonds. The van der Waals surface area contributed by atoms with E-state index in [0.29, 0.717) is 24.9 Å². The molecule has 0 aromatic rings. The van der Waals surface area contributed by atoms with Crippen LogP contribution in [-0.4, -0.2) is 40.6 Å². The van der Waals surface area contributed by atoms with Crippen molar-refractivity contribution in [2.75, 3.05) is 7.05 Å². The van der Waals surface area contributed by atoms with Gasteiger partial charge in [-0.15, -0.1) is 0 Å². The van der Waals surface area contributed by atoms with E-state index in [-0.39, 0.29) is 0 Å². The normalized spacial score (nSPS) is 40.3. The average Bonchev–Trinajstić information content (AvgIpc) is 2.38. The zero-order valence-electron chi connectivity index (χ0n) is 12.3. The van der Waals surface area contributed by atoms with E-state index in [0.717, 1.165) is 18.8 Å². The van der Waals surface area contributed by atoms with Crippen molar-refractivity contribution in [3.63, 3.8) is 0 Å². The third-order valence-electron chi connectivity index (χ3n) is 5.25. The maximum Gasteiger partial charge on any atom is 0.323 e. The second-order valence-electron chi connectivity index (χ2n) is 6.80. The summed E-state index contributed by atoms with van der Waals surface area (Å²) in [5.74, 6) is -0.0329. The van der Waals surface area contributed by atoms with Crippen LogP contribution in [0.4, 0.5) is 0 Å². The molecule has 0 saturated heterocycles. The summed E-state index contributed by atoms with van der Waals surface area (Å²) in [5.41, 5.74) is 5.06. The molecule has 0 heterocycles. The molecule has 4 heteroatoms. The van der Waals surface area contributed by atoms with Crippen LogP contribution in [0.5, 0.6) is 0 Å². The van der Waals surface area contributed by atoms with Crippen molar-refractivity contribution in [1.82, 2.24) is 4.90 Å². The molecule has 2 aliphatic carbocycles. The number of carbonyl (C=O) groups is 1. The first-order valence-corrected chi connectivity index (χ1v) is 7.66. The van der Waals surface area contributed by atoms with Gasteiger partial charge in [0.1, 0.15) is 5.54 Å². The van der Waals surface area contributed by atoms with Gasteiger partial charge in [-0.05, 0) is 51.5 Å². The highest BCUT2D eigenvalue weighted by molar-refractivity contribution is 5.78. The topological polar surface area (TPSA) is 66.6 Å². The number of carboxylic acid groups (broad SMARTS) is 1. The first-order chi connectivity index (χ1) is 8.92. The Kier molecular flexibility index (Phi) is 4.51. The molecule has 2 saturated carbocycles. The maximum atomic E-state index is 11.3. The van der Waals surface area contributed by atoms with Crippen LogP contribution >= 0.6 is 0 Å². The Bertz CT molecular complexity index is 334. The fourth-order valence-electron chi connectivity index (χ4n) is 3.89. The number of hydrogen-bond donors (Lipinski definition) is 2. The number of nitrogens with zero attached hydrogens (tertiary/aromatic N) is 1. The van der Waals surface area contributed by atoms with Gasteiger partial charge in [-0.2, -0.15) is 0 Å². The number of carboxylic acids is 1. The van der Waals surface area contributed by atoms with E-state index in [1.165, 1.54) is 25.7 Å². The zero-order valence-corrected chi connectivity index (χ0v) is 12.3. The molecule has 110 valence electrons. The van der Waals surface area contributed by atoms with Crippen LogP contribution in [0.1, 0.15) is 58.3 Å². The third-order valence-corrected chi connectivity index (χ3v) is 5.25. The summed E-state index contributed by atoms with van der Waals surface area (Å²) in [4.78, 5) is 13.8. The number of nitrogens with two attached hydrogens (primary N) is 1. The van der Waals surface area contributed by atoms with E-state index in [1.54, 1.807) is 0 Å². The first kappa shape index (κ1) is 14.8. The predicted octanol–water partition coefficient (Wildman–Crippen LogP) is 2.22. The van der Waals surface area contributed by atoms with Crippen molar-refractivity contribution in [2.24, 2.45) is 11.7 Å². The van der Waals surface area contributed by atoms with Crippen molar-refractivity contribution in [1.29, 1.82) is 0 Å². The molecule has 4 unspecified atom stereocenters. The Hall–Kier alpha value is -0.610. The lowest BCUT2D eigenvalue weighted by Crippen LogP contribution is -2.56. The van der Waals surface area contributed by atoms with Crippen LogP contribution in [0.3, 0.4) is 0 Å². The van der Waals surface area contributed by atoms with Gasteiger partial charge in [-0.3, -0.25) is 4.79 Å². The van der Waals surface area contributed by atoms with Crippen molar-refractivity contribution in [3.05, 3.63) is 0 Å². The summed E-state index contributed by atoms with van der Waals surface area (Å²) in [6.07, 6.45) is 8.38. The smallest absolute Gasteiger partial charge is 0.323 e. The Balaban J connectivity index is 1.98. The van der Waals surface area contributed by atoms with Crippen LogP contribution in [0, 0.1) is 5.92 Å². The lowest BCUT2D eigenvalue weighted by Gasteiger charge is -2.44. The van der Waals surface area contributed by atoms with Gasteiger partial charge < -0.3 is 15.7 Å². The molecule has 19 heavy (non-hydrogen) atoms. The third kappa shape index (κ3) is 3.29. The van der Waals surface area contributed by atoms with Crippen LogP contribution in [0.15, 0.2) is 0 Å². The SMILES string of the molecule is CC1CCCC(N(C)C2CCCC(N)(C(=O)O)C2)C1. The molecule has 3 N–H and O–H groups in total. The van der Waals surface area contributed by atoms with Gasteiger partial charge >= 0.3 is 5.97 Å². The predicted molar refractivity (Wildman–Crippen MR) is 76.0 cm³/mol. The van der Waals surface area contributed by atoms with E-state index in [9.17, 15) is 9.90 Å². The Morgan fingerprint density at radius 1 is 1.26 bits per heavy atom. The fraction of sp³-hybridized carbons (Fsp3) is 0.933. The highest BCUT2D eigenvalue weighted by atomic mass is 16.4. The molecule has 0 aromatic carbocycles. The van der Waals surface area contributed by atoms with Crippen molar-refractivity contribution in [3.8, 4) is 0 Å². The van der Waals surface area contributed by atoms with Gasteiger partial charge in [0.25, 0.3) is 0 Å². The van der Waals surface area contributed by atoms with E-state index < -0.39 is 11.5 Å². The summed E-state index contributed by atoms with van der Waals surface area (Å²) in [6.45, 7) is 2.32. The summed E-state index contributed by atoms with van der Waals surface area (Å²) in [7, 11) is 2.17. The molecule has 4 atom stereocenters. The summed E-state index contributed by atoms with van der Waals surface area (Å²) in [6, 6.07) is 0.954. The van der Waals surface area contributed by atoms with E-state index >= 15 is 0 Å². The van der Waals surface area contributed by atoms with E-state index in [2.05, 4.69) is 18.9 Å². The van der Waals surface area contributed by atoms with Crippen LogP contribution in [0.25, 0.3) is 0 Å². The van der Waals surface area contributed by atoms with Crippen LogP contribution < -0.4 is 5.73 Å². The molecule has 0 radical (unpaired) electrons. The van der Waals surface area contributed by atoms with Gasteiger partial charge in [0.2, 0.25) is 0 Å². The molecule has 0 bridgehead atoms. The molecule has 2 rings (SSSR count). The van der Waals surface area contributed by atoms with Gasteiger partial charge in [0.15, 0.2) is 0 Å². The first-order valence-electron chi connectivity index (χ1n) is 7.66. The number of hydrogen-bond acceptors (Lipinski definition) is 3. The Morgan fingerprint density at radius 2 is 1.95 bits per heavy atom. The van der Waals surface area contributed by atoms with E-state index in [1.807, 2.05) is 0 Å². The second kappa shape index (κ2) is 5.80. The number of aliphatic carboxylic acids is 1. The lowest BCUT2D eigenvalue weighted by molar-refractivity contribution is -0.145. The van der Waals surface area contributed by atoms with E-state index in [4.69, 9.17) is 5.73 Å². The Labute approximate surface area is 116 Å². The second-order valence-corrected chi connectivity index (χ2v) is 6.80. The van der Waals surface area contributed by atoms with Crippen LogP contribution in [0.2, 0.25) is 0 Å². The lowest BCUT2D eigenvalue weighted by atomic mass is 9.78. The largest absolute Gasteiger partial charge is 0.480 e. The fourth-order valence-corrected chi connectivity index (χ4v) is 3.89.